The molecule has 0 bridgehead atoms. The molecular formula is C16H29N3S2. The quantitative estimate of drug-likeness (QED) is 0.843. The minimum absolute atomic E-state index is 0.439. The van der Waals surface area contributed by atoms with E-state index in [2.05, 4.69) is 37.1 Å². The predicted molar refractivity (Wildman–Crippen MR) is 92.9 cm³/mol. The normalized spacial score (nSPS) is 27.0. The van der Waals surface area contributed by atoms with Gasteiger partial charge in [0, 0.05) is 11.7 Å². The fourth-order valence-corrected chi connectivity index (χ4v) is 5.50. The van der Waals surface area contributed by atoms with Crippen molar-refractivity contribution >= 4 is 23.3 Å². The summed E-state index contributed by atoms with van der Waals surface area (Å²) in [6.07, 6.45) is 6.04. The van der Waals surface area contributed by atoms with E-state index in [4.69, 9.17) is 5.73 Å². The number of aryl methyl sites for hydroxylation is 1. The Balaban J connectivity index is 2.06. The lowest BCUT2D eigenvalue weighted by atomic mass is 9.67. The van der Waals surface area contributed by atoms with Crippen LogP contribution < -0.4 is 5.73 Å². The Morgan fingerprint density at radius 1 is 1.33 bits per heavy atom. The van der Waals surface area contributed by atoms with Crippen molar-refractivity contribution in [1.82, 2.24) is 9.36 Å². The Hall–Kier alpha value is -0.130. The zero-order valence-corrected chi connectivity index (χ0v) is 15.4. The lowest BCUT2D eigenvalue weighted by Gasteiger charge is -2.42. The molecule has 2 rings (SSSR count). The molecule has 0 spiro atoms. The van der Waals surface area contributed by atoms with Crippen LogP contribution in [0, 0.1) is 17.3 Å². The fraction of sp³-hybridized carbons (Fsp3) is 0.875. The van der Waals surface area contributed by atoms with Crippen molar-refractivity contribution in [2.75, 3.05) is 6.54 Å². The molecule has 5 heteroatoms. The van der Waals surface area contributed by atoms with Crippen molar-refractivity contribution < 1.29 is 0 Å². The monoisotopic (exact) mass is 327 g/mol. The van der Waals surface area contributed by atoms with Crippen molar-refractivity contribution in [2.45, 2.75) is 69.4 Å². The Morgan fingerprint density at radius 2 is 2.10 bits per heavy atom. The minimum Gasteiger partial charge on any atom is -0.330 e. The van der Waals surface area contributed by atoms with Gasteiger partial charge in [-0.05, 0) is 54.6 Å². The van der Waals surface area contributed by atoms with E-state index in [1.807, 2.05) is 11.8 Å². The third-order valence-corrected chi connectivity index (χ3v) is 7.50. The van der Waals surface area contributed by atoms with Gasteiger partial charge >= 0.3 is 0 Å². The molecule has 1 aliphatic carbocycles. The summed E-state index contributed by atoms with van der Waals surface area (Å²) in [5, 5.41) is 0.609. The topological polar surface area (TPSA) is 51.8 Å². The maximum Gasteiger partial charge on any atom is 0.170 e. The zero-order chi connectivity index (χ0) is 15.5. The van der Waals surface area contributed by atoms with Crippen LogP contribution in [0.15, 0.2) is 4.34 Å². The smallest absolute Gasteiger partial charge is 0.170 e. The second-order valence-corrected chi connectivity index (χ2v) is 9.07. The highest BCUT2D eigenvalue weighted by Crippen LogP contribution is 2.47. The molecule has 1 saturated carbocycles. The van der Waals surface area contributed by atoms with Crippen LogP contribution >= 0.6 is 23.3 Å². The maximum absolute atomic E-state index is 6.02. The molecule has 3 nitrogen and oxygen atoms in total. The molecule has 1 fully saturated rings. The molecule has 1 aromatic rings. The molecular weight excluding hydrogens is 298 g/mol. The average Bonchev–Trinajstić information content (AvgIpc) is 2.94. The highest BCUT2D eigenvalue weighted by Gasteiger charge is 2.37. The Morgan fingerprint density at radius 3 is 2.67 bits per heavy atom. The summed E-state index contributed by atoms with van der Waals surface area (Å²) in [6.45, 7) is 10.1. The zero-order valence-electron chi connectivity index (χ0n) is 13.8. The molecule has 0 saturated heterocycles. The van der Waals surface area contributed by atoms with Gasteiger partial charge in [0.1, 0.15) is 5.82 Å². The van der Waals surface area contributed by atoms with E-state index in [1.54, 1.807) is 11.5 Å². The van der Waals surface area contributed by atoms with Gasteiger partial charge in [-0.1, -0.05) is 45.9 Å². The van der Waals surface area contributed by atoms with Gasteiger partial charge in [0.2, 0.25) is 0 Å². The summed E-state index contributed by atoms with van der Waals surface area (Å²) < 4.78 is 5.54. The van der Waals surface area contributed by atoms with E-state index < -0.39 is 0 Å². The molecule has 1 aliphatic rings. The largest absolute Gasteiger partial charge is 0.330 e. The molecule has 3 atom stereocenters. The third-order valence-electron chi connectivity index (χ3n) is 5.27. The van der Waals surface area contributed by atoms with Crippen molar-refractivity contribution in [3.63, 3.8) is 0 Å². The Labute approximate surface area is 137 Å². The number of hydrogen-bond donors (Lipinski definition) is 1. The standard InChI is InChI=1S/C16H29N3S2/c1-5-14-18-15(21-19-14)20-13-9-12(16(3,4)6-2)8-7-11(13)10-17/h11-13H,5-10,17H2,1-4H3. The van der Waals surface area contributed by atoms with Crippen molar-refractivity contribution in [3.8, 4) is 0 Å². The van der Waals surface area contributed by atoms with Crippen LogP contribution in [0.25, 0.3) is 0 Å². The van der Waals surface area contributed by atoms with Crippen LogP contribution in [0.2, 0.25) is 0 Å². The highest BCUT2D eigenvalue weighted by molar-refractivity contribution is 8.01. The van der Waals surface area contributed by atoms with Gasteiger partial charge in [0.15, 0.2) is 4.34 Å². The molecule has 3 unspecified atom stereocenters. The number of thioether (sulfide) groups is 1. The van der Waals surface area contributed by atoms with Gasteiger partial charge in [-0.25, -0.2) is 4.98 Å². The first-order valence-electron chi connectivity index (χ1n) is 8.19. The molecule has 0 radical (unpaired) electrons. The van der Waals surface area contributed by atoms with E-state index in [1.165, 1.54) is 25.7 Å². The number of hydrogen-bond acceptors (Lipinski definition) is 5. The lowest BCUT2D eigenvalue weighted by molar-refractivity contribution is 0.134. The Bertz CT molecular complexity index is 444. The molecule has 0 amide bonds. The van der Waals surface area contributed by atoms with Gasteiger partial charge < -0.3 is 5.73 Å². The molecule has 21 heavy (non-hydrogen) atoms. The van der Waals surface area contributed by atoms with Crippen LogP contribution in [0.1, 0.15) is 59.2 Å². The highest BCUT2D eigenvalue weighted by atomic mass is 32.2. The van der Waals surface area contributed by atoms with E-state index >= 15 is 0 Å². The first-order chi connectivity index (χ1) is 10.00. The minimum atomic E-state index is 0.439. The number of rotatable bonds is 6. The van der Waals surface area contributed by atoms with Crippen molar-refractivity contribution in [2.24, 2.45) is 23.0 Å². The second-order valence-electron chi connectivity index (χ2n) is 6.83. The SMILES string of the molecule is CCc1nsc(SC2CC(C(C)(C)CC)CCC2CN)n1. The molecule has 120 valence electrons. The van der Waals surface area contributed by atoms with Crippen LogP contribution in [0.4, 0.5) is 0 Å². The molecule has 0 aromatic carbocycles. The van der Waals surface area contributed by atoms with Gasteiger partial charge in [0.25, 0.3) is 0 Å². The molecule has 2 N–H and O–H groups in total. The van der Waals surface area contributed by atoms with Crippen LogP contribution in [-0.4, -0.2) is 21.2 Å². The van der Waals surface area contributed by atoms with Crippen LogP contribution in [-0.2, 0) is 6.42 Å². The second kappa shape index (κ2) is 7.42. The van der Waals surface area contributed by atoms with Gasteiger partial charge in [0.05, 0.1) is 0 Å². The first-order valence-corrected chi connectivity index (χ1v) is 9.84. The number of aromatic nitrogens is 2. The van der Waals surface area contributed by atoms with Crippen molar-refractivity contribution in [3.05, 3.63) is 5.82 Å². The number of nitrogens with zero attached hydrogens (tertiary/aromatic N) is 2. The van der Waals surface area contributed by atoms with E-state index in [-0.39, 0.29) is 0 Å². The molecule has 1 heterocycles. The van der Waals surface area contributed by atoms with E-state index in [9.17, 15) is 0 Å². The van der Waals surface area contributed by atoms with Crippen molar-refractivity contribution in [1.29, 1.82) is 0 Å². The summed E-state index contributed by atoms with van der Waals surface area (Å²) in [4.78, 5) is 4.63. The van der Waals surface area contributed by atoms with Gasteiger partial charge in [-0.2, -0.15) is 4.37 Å². The van der Waals surface area contributed by atoms with E-state index in [0.717, 1.165) is 29.0 Å². The summed E-state index contributed by atoms with van der Waals surface area (Å²) in [5.74, 6) is 2.42. The van der Waals surface area contributed by atoms with Gasteiger partial charge in [-0.3, -0.25) is 0 Å². The molecule has 0 aliphatic heterocycles. The summed E-state index contributed by atoms with van der Waals surface area (Å²) in [7, 11) is 0. The first kappa shape index (κ1) is 17.2. The van der Waals surface area contributed by atoms with Crippen LogP contribution in [0.3, 0.4) is 0 Å². The lowest BCUT2D eigenvalue weighted by Crippen LogP contribution is -2.37. The Kier molecular flexibility index (Phi) is 6.09. The third kappa shape index (κ3) is 4.20. The van der Waals surface area contributed by atoms with E-state index in [0.29, 0.717) is 16.6 Å². The maximum atomic E-state index is 6.02. The van der Waals surface area contributed by atoms with Crippen LogP contribution in [0.5, 0.6) is 0 Å². The summed E-state index contributed by atoms with van der Waals surface area (Å²) in [6, 6.07) is 0. The summed E-state index contributed by atoms with van der Waals surface area (Å²) in [5.41, 5.74) is 6.46. The van der Waals surface area contributed by atoms with Gasteiger partial charge in [-0.15, -0.1) is 0 Å². The number of nitrogens with two attached hydrogens (primary N) is 1. The average molecular weight is 328 g/mol. The predicted octanol–water partition coefficient (Wildman–Crippen LogP) is 4.37. The summed E-state index contributed by atoms with van der Waals surface area (Å²) >= 11 is 3.48. The molecule has 1 aromatic heterocycles. The fourth-order valence-electron chi connectivity index (χ4n) is 3.16.